The Morgan fingerprint density at radius 1 is 1.36 bits per heavy atom. The molecule has 0 heterocycles. The van der Waals surface area contributed by atoms with Crippen molar-refractivity contribution in [2.45, 2.75) is 20.3 Å². The molecule has 0 amide bonds. The van der Waals surface area contributed by atoms with Gasteiger partial charge in [0.1, 0.15) is 5.75 Å². The molecule has 1 aromatic carbocycles. The summed E-state index contributed by atoms with van der Waals surface area (Å²) < 4.78 is 5.60. The first-order chi connectivity index (χ1) is 6.74. The molecule has 0 N–H and O–H groups in total. The van der Waals surface area contributed by atoms with E-state index in [4.69, 9.17) is 11.2 Å². The van der Waals surface area contributed by atoms with E-state index in [1.54, 1.807) is 0 Å². The molecule has 1 nitrogen and oxygen atoms in total. The van der Waals surface area contributed by atoms with Crippen molar-refractivity contribution in [3.8, 4) is 18.1 Å². The summed E-state index contributed by atoms with van der Waals surface area (Å²) in [6, 6.07) is 7.66. The average Bonchev–Trinajstić information content (AvgIpc) is 2.18. The van der Waals surface area contributed by atoms with Crippen molar-refractivity contribution >= 4 is 0 Å². The molecular weight excluding hydrogens is 172 g/mol. The van der Waals surface area contributed by atoms with Gasteiger partial charge in [-0.15, -0.1) is 6.42 Å². The Labute approximate surface area is 86.1 Å². The van der Waals surface area contributed by atoms with Crippen LogP contribution in [0.3, 0.4) is 0 Å². The van der Waals surface area contributed by atoms with Gasteiger partial charge in [-0.1, -0.05) is 31.9 Å². The summed E-state index contributed by atoms with van der Waals surface area (Å²) in [5.41, 5.74) is 0.830. The summed E-state index contributed by atoms with van der Waals surface area (Å²) in [5, 5.41) is 0. The summed E-state index contributed by atoms with van der Waals surface area (Å²) in [4.78, 5) is 0. The van der Waals surface area contributed by atoms with E-state index in [1.807, 2.05) is 24.3 Å². The lowest BCUT2D eigenvalue weighted by Gasteiger charge is -2.09. The van der Waals surface area contributed by atoms with E-state index in [0.29, 0.717) is 5.92 Å². The number of terminal acetylenes is 1. The van der Waals surface area contributed by atoms with E-state index in [9.17, 15) is 0 Å². The summed E-state index contributed by atoms with van der Waals surface area (Å²) in [6.07, 6.45) is 6.41. The standard InChI is InChI=1S/C13H16O/c1-4-12-7-5-6-8-13(12)14-10-9-11(2)3/h1,5-8,11H,9-10H2,2-3H3. The lowest BCUT2D eigenvalue weighted by atomic mass is 10.1. The predicted molar refractivity (Wildman–Crippen MR) is 59.3 cm³/mol. The second-order valence-electron chi connectivity index (χ2n) is 3.67. The van der Waals surface area contributed by atoms with Gasteiger partial charge in [0.2, 0.25) is 0 Å². The van der Waals surface area contributed by atoms with E-state index in [-0.39, 0.29) is 0 Å². The van der Waals surface area contributed by atoms with Gasteiger partial charge in [0.05, 0.1) is 12.2 Å². The van der Waals surface area contributed by atoms with Crippen molar-refractivity contribution < 1.29 is 4.74 Å². The van der Waals surface area contributed by atoms with E-state index in [2.05, 4.69) is 19.8 Å². The molecule has 1 heteroatoms. The molecule has 1 rings (SSSR count). The Bertz CT molecular complexity index is 320. The van der Waals surface area contributed by atoms with Crippen LogP contribution in [0.25, 0.3) is 0 Å². The van der Waals surface area contributed by atoms with Crippen LogP contribution in [-0.2, 0) is 0 Å². The van der Waals surface area contributed by atoms with Gasteiger partial charge < -0.3 is 4.74 Å². The molecule has 0 fully saturated rings. The zero-order valence-corrected chi connectivity index (χ0v) is 8.79. The molecule has 0 spiro atoms. The number of ether oxygens (including phenoxy) is 1. The van der Waals surface area contributed by atoms with Gasteiger partial charge in [-0.25, -0.2) is 0 Å². The van der Waals surface area contributed by atoms with Crippen LogP contribution in [0.2, 0.25) is 0 Å². The van der Waals surface area contributed by atoms with Gasteiger partial charge in [0.15, 0.2) is 0 Å². The van der Waals surface area contributed by atoms with Crippen LogP contribution in [0.1, 0.15) is 25.8 Å². The molecule has 0 aliphatic carbocycles. The Morgan fingerprint density at radius 2 is 2.07 bits per heavy atom. The minimum absolute atomic E-state index is 0.660. The van der Waals surface area contributed by atoms with Crippen LogP contribution in [0.5, 0.6) is 5.75 Å². The molecule has 0 atom stereocenters. The van der Waals surface area contributed by atoms with Gasteiger partial charge in [-0.05, 0) is 24.5 Å². The fourth-order valence-corrected chi connectivity index (χ4v) is 1.12. The number of para-hydroxylation sites is 1. The summed E-state index contributed by atoms with van der Waals surface area (Å²) in [6.45, 7) is 5.09. The molecule has 0 aliphatic rings. The highest BCUT2D eigenvalue weighted by atomic mass is 16.5. The second kappa shape index (κ2) is 5.34. The topological polar surface area (TPSA) is 9.23 Å². The Balaban J connectivity index is 2.54. The van der Waals surface area contributed by atoms with Crippen molar-refractivity contribution in [3.63, 3.8) is 0 Å². The van der Waals surface area contributed by atoms with Crippen LogP contribution in [-0.4, -0.2) is 6.61 Å². The fraction of sp³-hybridized carbons (Fsp3) is 0.385. The highest BCUT2D eigenvalue weighted by Gasteiger charge is 2.00. The van der Waals surface area contributed by atoms with E-state index >= 15 is 0 Å². The summed E-state index contributed by atoms with van der Waals surface area (Å²) >= 11 is 0. The molecule has 0 bridgehead atoms. The highest BCUT2D eigenvalue weighted by molar-refractivity contribution is 5.44. The quantitative estimate of drug-likeness (QED) is 0.660. The first-order valence-corrected chi connectivity index (χ1v) is 4.92. The molecule has 0 radical (unpaired) electrons. The fourth-order valence-electron chi connectivity index (χ4n) is 1.12. The maximum Gasteiger partial charge on any atom is 0.134 e. The van der Waals surface area contributed by atoms with E-state index in [0.717, 1.165) is 24.3 Å². The highest BCUT2D eigenvalue weighted by Crippen LogP contribution is 2.17. The van der Waals surface area contributed by atoms with Gasteiger partial charge in [-0.3, -0.25) is 0 Å². The molecule has 0 aromatic heterocycles. The van der Waals surface area contributed by atoms with Crippen molar-refractivity contribution in [2.75, 3.05) is 6.61 Å². The minimum atomic E-state index is 0.660. The number of benzene rings is 1. The first kappa shape index (κ1) is 10.7. The smallest absolute Gasteiger partial charge is 0.134 e. The molecule has 0 saturated heterocycles. The molecule has 14 heavy (non-hydrogen) atoms. The first-order valence-electron chi connectivity index (χ1n) is 4.92. The Morgan fingerprint density at radius 3 is 2.71 bits per heavy atom. The van der Waals surface area contributed by atoms with Crippen molar-refractivity contribution in [3.05, 3.63) is 29.8 Å². The van der Waals surface area contributed by atoms with Crippen molar-refractivity contribution in [2.24, 2.45) is 5.92 Å². The Kier molecular flexibility index (Phi) is 4.07. The summed E-state index contributed by atoms with van der Waals surface area (Å²) in [7, 11) is 0. The maximum atomic E-state index is 5.60. The van der Waals surface area contributed by atoms with E-state index in [1.165, 1.54) is 0 Å². The zero-order valence-electron chi connectivity index (χ0n) is 8.79. The van der Waals surface area contributed by atoms with Gasteiger partial charge in [0.25, 0.3) is 0 Å². The number of hydrogen-bond donors (Lipinski definition) is 0. The molecule has 1 aromatic rings. The zero-order chi connectivity index (χ0) is 10.4. The normalized spacial score (nSPS) is 9.86. The van der Waals surface area contributed by atoms with Crippen LogP contribution in [0.15, 0.2) is 24.3 Å². The average molecular weight is 188 g/mol. The SMILES string of the molecule is C#Cc1ccccc1OCCC(C)C. The van der Waals surface area contributed by atoms with Crippen LogP contribution in [0.4, 0.5) is 0 Å². The minimum Gasteiger partial charge on any atom is -0.492 e. The van der Waals surface area contributed by atoms with Crippen LogP contribution >= 0.6 is 0 Å². The lowest BCUT2D eigenvalue weighted by Crippen LogP contribution is -2.02. The third kappa shape index (κ3) is 3.14. The van der Waals surface area contributed by atoms with Crippen molar-refractivity contribution in [1.29, 1.82) is 0 Å². The van der Waals surface area contributed by atoms with Crippen LogP contribution < -0.4 is 4.74 Å². The summed E-state index contributed by atoms with van der Waals surface area (Å²) in [5.74, 6) is 4.08. The van der Waals surface area contributed by atoms with Gasteiger partial charge in [-0.2, -0.15) is 0 Å². The predicted octanol–water partition coefficient (Wildman–Crippen LogP) is 3.09. The third-order valence-electron chi connectivity index (χ3n) is 2.00. The molecule has 0 unspecified atom stereocenters. The maximum absolute atomic E-state index is 5.60. The van der Waals surface area contributed by atoms with Gasteiger partial charge >= 0.3 is 0 Å². The van der Waals surface area contributed by atoms with Gasteiger partial charge in [0, 0.05) is 0 Å². The second-order valence-corrected chi connectivity index (χ2v) is 3.67. The molecular formula is C13H16O. The molecule has 0 saturated carbocycles. The third-order valence-corrected chi connectivity index (χ3v) is 2.00. The Hall–Kier alpha value is -1.42. The monoisotopic (exact) mass is 188 g/mol. The largest absolute Gasteiger partial charge is 0.492 e. The van der Waals surface area contributed by atoms with Crippen molar-refractivity contribution in [1.82, 2.24) is 0 Å². The molecule has 0 aliphatic heterocycles. The van der Waals surface area contributed by atoms with Crippen LogP contribution in [0, 0.1) is 18.3 Å². The molecule has 74 valence electrons. The number of hydrogen-bond acceptors (Lipinski definition) is 1. The van der Waals surface area contributed by atoms with E-state index < -0.39 is 0 Å². The lowest BCUT2D eigenvalue weighted by molar-refractivity contribution is 0.289. The number of rotatable bonds is 4.